The third-order valence-electron chi connectivity index (χ3n) is 3.78. The van der Waals surface area contributed by atoms with E-state index in [1.54, 1.807) is 0 Å². The average molecular weight is 306 g/mol. The molecule has 1 aliphatic carbocycles. The van der Waals surface area contributed by atoms with Gasteiger partial charge in [0, 0.05) is 16.9 Å². The predicted octanol–water partition coefficient (Wildman–Crippen LogP) is 5.38. The van der Waals surface area contributed by atoms with Crippen LogP contribution in [0, 0.1) is 5.41 Å². The minimum Gasteiger partial charge on any atom is -0.264 e. The van der Waals surface area contributed by atoms with Crippen molar-refractivity contribution in [2.24, 2.45) is 5.41 Å². The summed E-state index contributed by atoms with van der Waals surface area (Å²) in [7, 11) is 0. The van der Waals surface area contributed by atoms with Crippen LogP contribution < -0.4 is 0 Å². The van der Waals surface area contributed by atoms with E-state index >= 15 is 0 Å². The SMILES string of the molecule is CC1=C(/C=C/c2ccncc2Br)C(C)(C)CCC1. The predicted molar refractivity (Wildman–Crippen MR) is 81.3 cm³/mol. The number of hydrogen-bond acceptors (Lipinski definition) is 1. The van der Waals surface area contributed by atoms with Crippen molar-refractivity contribution in [3.63, 3.8) is 0 Å². The summed E-state index contributed by atoms with van der Waals surface area (Å²) in [5.74, 6) is 0. The number of halogens is 1. The maximum absolute atomic E-state index is 4.09. The van der Waals surface area contributed by atoms with Gasteiger partial charge in [-0.1, -0.05) is 31.6 Å². The summed E-state index contributed by atoms with van der Waals surface area (Å²) in [6.07, 6.45) is 12.0. The molecule has 0 atom stereocenters. The molecule has 0 amide bonds. The second-order valence-corrected chi connectivity index (χ2v) is 6.52. The minimum absolute atomic E-state index is 0.304. The molecule has 18 heavy (non-hydrogen) atoms. The van der Waals surface area contributed by atoms with Gasteiger partial charge in [-0.25, -0.2) is 0 Å². The summed E-state index contributed by atoms with van der Waals surface area (Å²) < 4.78 is 1.05. The summed E-state index contributed by atoms with van der Waals surface area (Å²) in [5, 5.41) is 0. The fourth-order valence-corrected chi connectivity index (χ4v) is 3.09. The lowest BCUT2D eigenvalue weighted by Crippen LogP contribution is -2.18. The molecular formula is C16H20BrN. The molecule has 1 nitrogen and oxygen atoms in total. The van der Waals surface area contributed by atoms with Crippen LogP contribution in [-0.2, 0) is 0 Å². The Morgan fingerprint density at radius 1 is 1.33 bits per heavy atom. The van der Waals surface area contributed by atoms with Crippen LogP contribution in [0.5, 0.6) is 0 Å². The zero-order chi connectivity index (χ0) is 13.2. The van der Waals surface area contributed by atoms with E-state index in [0.29, 0.717) is 5.41 Å². The molecule has 0 saturated carbocycles. The lowest BCUT2D eigenvalue weighted by Gasteiger charge is -2.32. The Balaban J connectivity index is 2.31. The normalized spacial score (nSPS) is 19.6. The van der Waals surface area contributed by atoms with Crippen LogP contribution in [0.4, 0.5) is 0 Å². The molecule has 1 aliphatic rings. The molecule has 2 heteroatoms. The van der Waals surface area contributed by atoms with Crippen molar-refractivity contribution in [2.45, 2.75) is 40.0 Å². The molecule has 0 fully saturated rings. The first-order chi connectivity index (χ1) is 8.50. The van der Waals surface area contributed by atoms with E-state index < -0.39 is 0 Å². The number of nitrogens with zero attached hydrogens (tertiary/aromatic N) is 1. The number of rotatable bonds is 2. The van der Waals surface area contributed by atoms with Crippen LogP contribution >= 0.6 is 15.9 Å². The van der Waals surface area contributed by atoms with Crippen LogP contribution in [0.1, 0.15) is 45.6 Å². The molecule has 0 aliphatic heterocycles. The number of hydrogen-bond donors (Lipinski definition) is 0. The van der Waals surface area contributed by atoms with Crippen molar-refractivity contribution >= 4 is 22.0 Å². The molecule has 1 aromatic heterocycles. The monoisotopic (exact) mass is 305 g/mol. The van der Waals surface area contributed by atoms with Crippen molar-refractivity contribution < 1.29 is 0 Å². The van der Waals surface area contributed by atoms with Crippen LogP contribution in [-0.4, -0.2) is 4.98 Å². The topological polar surface area (TPSA) is 12.9 Å². The Hall–Kier alpha value is -0.890. The van der Waals surface area contributed by atoms with Crippen molar-refractivity contribution in [2.75, 3.05) is 0 Å². The average Bonchev–Trinajstić information content (AvgIpc) is 2.30. The molecule has 0 spiro atoms. The maximum atomic E-state index is 4.09. The molecule has 2 rings (SSSR count). The van der Waals surface area contributed by atoms with Crippen molar-refractivity contribution in [1.29, 1.82) is 0 Å². The molecule has 0 unspecified atom stereocenters. The number of allylic oxidation sites excluding steroid dienone is 3. The van der Waals surface area contributed by atoms with E-state index in [4.69, 9.17) is 0 Å². The quantitative estimate of drug-likeness (QED) is 0.714. The second-order valence-electron chi connectivity index (χ2n) is 5.66. The summed E-state index contributed by atoms with van der Waals surface area (Å²) in [6, 6.07) is 2.03. The third kappa shape index (κ3) is 2.92. The zero-order valence-electron chi connectivity index (χ0n) is 11.3. The number of aromatic nitrogens is 1. The van der Waals surface area contributed by atoms with Gasteiger partial charge in [0.2, 0.25) is 0 Å². The van der Waals surface area contributed by atoms with Crippen molar-refractivity contribution in [3.8, 4) is 0 Å². The van der Waals surface area contributed by atoms with Gasteiger partial charge >= 0.3 is 0 Å². The van der Waals surface area contributed by atoms with Gasteiger partial charge < -0.3 is 0 Å². The van der Waals surface area contributed by atoms with Crippen LogP contribution in [0.3, 0.4) is 0 Å². The second kappa shape index (κ2) is 5.40. The highest BCUT2D eigenvalue weighted by molar-refractivity contribution is 9.10. The van der Waals surface area contributed by atoms with Crippen molar-refractivity contribution in [3.05, 3.63) is 45.7 Å². The Kier molecular flexibility index (Phi) is 4.06. The Morgan fingerprint density at radius 3 is 2.78 bits per heavy atom. The largest absolute Gasteiger partial charge is 0.264 e. The van der Waals surface area contributed by atoms with E-state index in [-0.39, 0.29) is 0 Å². The molecule has 0 bridgehead atoms. The van der Waals surface area contributed by atoms with Crippen molar-refractivity contribution in [1.82, 2.24) is 4.98 Å². The van der Waals surface area contributed by atoms with Gasteiger partial charge in [0.15, 0.2) is 0 Å². The molecule has 1 aromatic rings. The summed E-state index contributed by atoms with van der Waals surface area (Å²) in [4.78, 5) is 4.09. The van der Waals surface area contributed by atoms with Crippen LogP contribution in [0.2, 0.25) is 0 Å². The fraction of sp³-hybridized carbons (Fsp3) is 0.438. The molecule has 0 radical (unpaired) electrons. The molecule has 1 heterocycles. The molecular weight excluding hydrogens is 286 g/mol. The molecule has 0 saturated heterocycles. The van der Waals surface area contributed by atoms with Gasteiger partial charge in [0.25, 0.3) is 0 Å². The minimum atomic E-state index is 0.304. The Bertz CT molecular complexity index is 498. The number of pyridine rings is 1. The first-order valence-electron chi connectivity index (χ1n) is 6.48. The Morgan fingerprint density at radius 2 is 2.11 bits per heavy atom. The van der Waals surface area contributed by atoms with Gasteiger partial charge in [-0.3, -0.25) is 4.98 Å². The Labute approximate surface area is 118 Å². The van der Waals surface area contributed by atoms with Gasteiger partial charge in [-0.15, -0.1) is 0 Å². The summed E-state index contributed by atoms with van der Waals surface area (Å²) in [6.45, 7) is 6.95. The smallest absolute Gasteiger partial charge is 0.0431 e. The van der Waals surface area contributed by atoms with Gasteiger partial charge in [-0.2, -0.15) is 0 Å². The molecule has 0 aromatic carbocycles. The summed E-state index contributed by atoms with van der Waals surface area (Å²) in [5.41, 5.74) is 4.52. The highest BCUT2D eigenvalue weighted by atomic mass is 79.9. The molecule has 0 N–H and O–H groups in total. The summed E-state index contributed by atoms with van der Waals surface area (Å²) >= 11 is 3.54. The first kappa shape index (κ1) is 13.5. The fourth-order valence-electron chi connectivity index (χ4n) is 2.70. The highest BCUT2D eigenvalue weighted by Gasteiger charge is 2.26. The van der Waals surface area contributed by atoms with Crippen LogP contribution in [0.15, 0.2) is 40.2 Å². The molecule has 96 valence electrons. The van der Waals surface area contributed by atoms with Gasteiger partial charge in [-0.05, 0) is 64.7 Å². The lowest BCUT2D eigenvalue weighted by molar-refractivity contribution is 0.377. The van der Waals surface area contributed by atoms with Gasteiger partial charge in [0.05, 0.1) is 0 Å². The van der Waals surface area contributed by atoms with E-state index in [1.807, 2.05) is 18.5 Å². The zero-order valence-corrected chi connectivity index (χ0v) is 12.9. The van der Waals surface area contributed by atoms with E-state index in [9.17, 15) is 0 Å². The van der Waals surface area contributed by atoms with E-state index in [2.05, 4.69) is 53.8 Å². The lowest BCUT2D eigenvalue weighted by atomic mass is 9.72. The maximum Gasteiger partial charge on any atom is 0.0431 e. The third-order valence-corrected chi connectivity index (χ3v) is 4.44. The van der Waals surface area contributed by atoms with E-state index in [0.717, 1.165) is 4.47 Å². The van der Waals surface area contributed by atoms with Gasteiger partial charge in [0.1, 0.15) is 0 Å². The first-order valence-corrected chi connectivity index (χ1v) is 7.28. The highest BCUT2D eigenvalue weighted by Crippen LogP contribution is 2.41. The standard InChI is InChI=1S/C16H20BrN/c1-12-5-4-9-16(2,3)14(12)7-6-13-8-10-18-11-15(13)17/h6-8,10-11H,4-5,9H2,1-3H3/b7-6+. The van der Waals surface area contributed by atoms with Crippen LogP contribution in [0.25, 0.3) is 6.08 Å². The van der Waals surface area contributed by atoms with E-state index in [1.165, 1.54) is 36.0 Å².